The van der Waals surface area contributed by atoms with Gasteiger partial charge in [-0.2, -0.15) is 0 Å². The second-order valence-corrected chi connectivity index (χ2v) is 8.32. The van der Waals surface area contributed by atoms with Crippen molar-refractivity contribution in [2.75, 3.05) is 20.2 Å². The Hall–Kier alpha value is -3.58. The monoisotopic (exact) mass is 434 g/mol. The Balaban J connectivity index is 2.12. The topological polar surface area (TPSA) is 86.5 Å². The first-order valence-corrected chi connectivity index (χ1v) is 10.4. The van der Waals surface area contributed by atoms with Gasteiger partial charge in [0, 0.05) is 31.4 Å². The van der Waals surface area contributed by atoms with E-state index in [4.69, 9.17) is 16.2 Å². The average molecular weight is 435 g/mol. The Labute approximate surface area is 185 Å². The number of likely N-dealkylation sites (N-methyl/N-ethyl adjacent to an activating group) is 1. The van der Waals surface area contributed by atoms with Crippen LogP contribution in [-0.4, -0.2) is 35.7 Å². The largest absolute Gasteiger partial charge is 0.485 e. The van der Waals surface area contributed by atoms with Gasteiger partial charge in [-0.3, -0.25) is 4.79 Å². The summed E-state index contributed by atoms with van der Waals surface area (Å²) in [6.45, 7) is 7.90. The summed E-state index contributed by atoms with van der Waals surface area (Å²) in [6.07, 6.45) is 1.69. The first kappa shape index (κ1) is 21.6. The summed E-state index contributed by atoms with van der Waals surface area (Å²) in [7, 11) is 1.72. The number of rotatable bonds is 3. The van der Waals surface area contributed by atoms with Gasteiger partial charge in [-0.05, 0) is 36.8 Å². The van der Waals surface area contributed by atoms with Gasteiger partial charge in [-0.1, -0.05) is 30.8 Å². The van der Waals surface area contributed by atoms with Gasteiger partial charge in [0.25, 0.3) is 0 Å². The highest BCUT2D eigenvalue weighted by molar-refractivity contribution is 5.87. The molecule has 2 bridgehead atoms. The van der Waals surface area contributed by atoms with E-state index in [1.54, 1.807) is 29.6 Å². The fourth-order valence-corrected chi connectivity index (χ4v) is 4.08. The van der Waals surface area contributed by atoms with Crippen LogP contribution in [0.15, 0.2) is 58.9 Å². The van der Waals surface area contributed by atoms with E-state index < -0.39 is 5.83 Å². The number of hydrogen-bond donors (Lipinski definition) is 2. The molecule has 166 valence electrons. The summed E-state index contributed by atoms with van der Waals surface area (Å²) in [5.74, 6) is -0.167. The van der Waals surface area contributed by atoms with Crippen LogP contribution in [0.1, 0.15) is 12.5 Å². The van der Waals surface area contributed by atoms with Crippen LogP contribution >= 0.6 is 0 Å². The normalized spacial score (nSPS) is 18.7. The van der Waals surface area contributed by atoms with Gasteiger partial charge >= 0.3 is 0 Å². The molecule has 0 radical (unpaired) electrons. The van der Waals surface area contributed by atoms with Crippen LogP contribution < -0.4 is 32.2 Å². The van der Waals surface area contributed by atoms with Gasteiger partial charge in [-0.15, -0.1) is 0 Å². The molecule has 3 aromatic rings. The predicted octanol–water partition coefficient (Wildman–Crippen LogP) is 1.63. The zero-order chi connectivity index (χ0) is 23.2. The standard InChI is InChI=1S/C25H27FN4O2/c1-14-11-30-16(3)22(25(14)31)24(28)23(26)20(29(4)12-15(2)27)13-32-21-10-18-8-6-5-7-17(18)9-19(21)30/h5-11,15H,3,12-13,27-28H2,1-2,4H3/b23-20-,24-22-. The number of halogens is 1. The molecule has 0 aliphatic carbocycles. The third-order valence-corrected chi connectivity index (χ3v) is 5.72. The molecule has 0 spiro atoms. The molecule has 4 N–H and O–H groups in total. The lowest BCUT2D eigenvalue weighted by Crippen LogP contribution is -2.48. The third-order valence-electron chi connectivity index (χ3n) is 5.72. The van der Waals surface area contributed by atoms with Crippen LogP contribution in [0.2, 0.25) is 0 Å². The highest BCUT2D eigenvalue weighted by Crippen LogP contribution is 2.30. The summed E-state index contributed by atoms with van der Waals surface area (Å²) in [5.41, 5.74) is 12.9. The van der Waals surface area contributed by atoms with E-state index in [9.17, 15) is 4.79 Å². The zero-order valence-corrected chi connectivity index (χ0v) is 18.5. The first-order valence-electron chi connectivity index (χ1n) is 10.4. The van der Waals surface area contributed by atoms with Crippen molar-refractivity contribution in [1.29, 1.82) is 0 Å². The maximum absolute atomic E-state index is 15.7. The molecule has 0 amide bonds. The molecule has 6 nitrogen and oxygen atoms in total. The minimum absolute atomic E-state index is 0.0511. The molecule has 1 unspecified atom stereocenters. The fourth-order valence-electron chi connectivity index (χ4n) is 4.08. The SMILES string of the molecule is C=c1\c2c(=O)c(C)cn1-c1cc3ccccc3cc1OC/C(N(C)CC(C)N)=C(F)\C=2N. The number of aromatic nitrogens is 1. The van der Waals surface area contributed by atoms with Crippen LogP contribution in [0.5, 0.6) is 5.75 Å². The van der Waals surface area contributed by atoms with Crippen LogP contribution in [0, 0.1) is 6.92 Å². The molecule has 1 aliphatic heterocycles. The van der Waals surface area contributed by atoms with Crippen molar-refractivity contribution in [3.05, 3.63) is 80.5 Å². The molecule has 1 atom stereocenters. The van der Waals surface area contributed by atoms with Crippen molar-refractivity contribution in [2.45, 2.75) is 19.9 Å². The highest BCUT2D eigenvalue weighted by atomic mass is 19.1. The molecule has 4 rings (SSSR count). The van der Waals surface area contributed by atoms with Crippen molar-refractivity contribution >= 4 is 23.0 Å². The van der Waals surface area contributed by atoms with Crippen molar-refractivity contribution in [3.8, 4) is 11.4 Å². The number of aryl methyl sites for hydroxylation is 1. The Bertz CT molecular complexity index is 1420. The highest BCUT2D eigenvalue weighted by Gasteiger charge is 2.21. The minimum atomic E-state index is -0.712. The summed E-state index contributed by atoms with van der Waals surface area (Å²) in [4.78, 5) is 14.7. The molecule has 7 heteroatoms. The van der Waals surface area contributed by atoms with E-state index in [0.717, 1.165) is 10.8 Å². The van der Waals surface area contributed by atoms with Crippen molar-refractivity contribution < 1.29 is 9.13 Å². The maximum Gasteiger partial charge on any atom is 0.194 e. The quantitative estimate of drug-likeness (QED) is 0.654. The number of fused-ring (bicyclic) bond motifs is 5. The predicted molar refractivity (Wildman–Crippen MR) is 127 cm³/mol. The lowest BCUT2D eigenvalue weighted by Gasteiger charge is -2.27. The summed E-state index contributed by atoms with van der Waals surface area (Å²) in [6, 6.07) is 11.6. The van der Waals surface area contributed by atoms with Gasteiger partial charge in [-0.25, -0.2) is 4.39 Å². The number of hydrogen-bond acceptors (Lipinski definition) is 5. The van der Waals surface area contributed by atoms with Crippen LogP contribution in [-0.2, 0) is 0 Å². The number of nitrogens with two attached hydrogens (primary N) is 2. The van der Waals surface area contributed by atoms with E-state index in [0.29, 0.717) is 28.9 Å². The second-order valence-electron chi connectivity index (χ2n) is 8.32. The number of pyridine rings is 1. The molecule has 2 heterocycles. The third kappa shape index (κ3) is 3.65. The van der Waals surface area contributed by atoms with Crippen molar-refractivity contribution in [1.82, 2.24) is 9.47 Å². The summed E-state index contributed by atoms with van der Waals surface area (Å²) in [5, 5.41) is 2.32. The van der Waals surface area contributed by atoms with Crippen LogP contribution in [0.4, 0.5) is 4.39 Å². The summed E-state index contributed by atoms with van der Waals surface area (Å²) < 4.78 is 23.6. The smallest absolute Gasteiger partial charge is 0.194 e. The number of ether oxygens (including phenoxy) is 1. The number of benzene rings is 2. The maximum atomic E-state index is 15.7. The zero-order valence-electron chi connectivity index (χ0n) is 18.5. The molecular formula is C25H27FN4O2. The van der Waals surface area contributed by atoms with E-state index >= 15 is 4.39 Å². The molecular weight excluding hydrogens is 407 g/mol. The van der Waals surface area contributed by atoms with Crippen molar-refractivity contribution in [2.24, 2.45) is 11.5 Å². The lowest BCUT2D eigenvalue weighted by molar-refractivity contribution is 0.276. The Kier molecular flexibility index (Phi) is 5.52. The van der Waals surface area contributed by atoms with E-state index in [1.165, 1.54) is 0 Å². The molecule has 2 aromatic carbocycles. The average Bonchev–Trinajstić information content (AvgIpc) is 2.74. The molecule has 1 aromatic heterocycles. The van der Waals surface area contributed by atoms with Crippen LogP contribution in [0.3, 0.4) is 0 Å². The molecule has 0 fully saturated rings. The van der Waals surface area contributed by atoms with E-state index in [2.05, 4.69) is 6.58 Å². The van der Waals surface area contributed by atoms with Gasteiger partial charge in [0.05, 0.1) is 27.6 Å². The first-order chi connectivity index (χ1) is 15.2. The molecule has 1 aliphatic rings. The van der Waals surface area contributed by atoms with E-state index in [1.807, 2.05) is 43.3 Å². The second kappa shape index (κ2) is 8.16. The minimum Gasteiger partial charge on any atom is -0.485 e. The van der Waals surface area contributed by atoms with Crippen LogP contribution in [0.25, 0.3) is 28.7 Å². The molecule has 0 saturated heterocycles. The Morgan fingerprint density at radius 1 is 1.28 bits per heavy atom. The summed E-state index contributed by atoms with van der Waals surface area (Å²) >= 11 is 0. The number of nitrogens with zero attached hydrogens (tertiary/aromatic N) is 2. The van der Waals surface area contributed by atoms with Gasteiger partial charge in [0.1, 0.15) is 12.4 Å². The Morgan fingerprint density at radius 3 is 2.59 bits per heavy atom. The lowest BCUT2D eigenvalue weighted by atomic mass is 10.1. The van der Waals surface area contributed by atoms with E-state index in [-0.39, 0.29) is 34.7 Å². The molecule has 32 heavy (non-hydrogen) atoms. The van der Waals surface area contributed by atoms with Gasteiger partial charge in [0.2, 0.25) is 0 Å². The Morgan fingerprint density at radius 2 is 1.94 bits per heavy atom. The van der Waals surface area contributed by atoms with Gasteiger partial charge < -0.3 is 25.7 Å². The fraction of sp³-hybridized carbons (Fsp3) is 0.240. The van der Waals surface area contributed by atoms with Crippen molar-refractivity contribution in [3.63, 3.8) is 0 Å². The molecule has 0 saturated carbocycles. The van der Waals surface area contributed by atoms with Gasteiger partial charge in [0.15, 0.2) is 11.3 Å².